The molecule has 1 aliphatic carbocycles. The van der Waals surface area contributed by atoms with Crippen LogP contribution in [0.1, 0.15) is 48.9 Å². The number of carbonyl (C=O) groups is 1. The summed E-state index contributed by atoms with van der Waals surface area (Å²) in [6.07, 6.45) is 3.61. The first-order chi connectivity index (χ1) is 14.0. The van der Waals surface area contributed by atoms with Crippen LogP contribution in [0.4, 0.5) is 5.69 Å². The van der Waals surface area contributed by atoms with Crippen LogP contribution >= 0.6 is 0 Å². The Bertz CT molecular complexity index is 863. The maximum Gasteiger partial charge on any atom is 0.330 e. The number of nitrogens with one attached hydrogen (secondary N) is 3. The summed E-state index contributed by atoms with van der Waals surface area (Å²) in [4.78, 5) is 12.1. The number of anilines is 1. The highest BCUT2D eigenvalue weighted by molar-refractivity contribution is 5.95. The number of carboxylic acid groups (broad SMARTS) is 1. The Morgan fingerprint density at radius 3 is 2.55 bits per heavy atom. The van der Waals surface area contributed by atoms with E-state index in [-0.39, 0.29) is 5.84 Å². The lowest BCUT2D eigenvalue weighted by atomic mass is 9.93. The molecule has 1 saturated carbocycles. The van der Waals surface area contributed by atoms with Gasteiger partial charge in [-0.3, -0.25) is 5.41 Å². The minimum Gasteiger partial charge on any atom is -0.493 e. The zero-order valence-electron chi connectivity index (χ0n) is 16.6. The number of hydrogen-bond donors (Lipinski definition) is 5. The van der Waals surface area contributed by atoms with Crippen molar-refractivity contribution in [2.45, 2.75) is 44.8 Å². The van der Waals surface area contributed by atoms with E-state index in [9.17, 15) is 9.90 Å². The van der Waals surface area contributed by atoms with Gasteiger partial charge in [-0.05, 0) is 44.0 Å². The number of nitrogen functional groups attached to an aromatic ring is 1. The zero-order chi connectivity index (χ0) is 20.8. The van der Waals surface area contributed by atoms with Gasteiger partial charge >= 0.3 is 5.97 Å². The molecule has 0 aliphatic heterocycles. The van der Waals surface area contributed by atoms with E-state index in [0.717, 1.165) is 5.56 Å². The standard InChI is InChI=1S/C22H28N4O3/c1-2-29-20-15(13-25-16-6-4-7-16)5-3-8-18(20)19(22(27)28)26-17-11-9-14(10-12-17)21(23)24/h3,5,8-12,16,19,25-26H,2,4,6-7,13H2,1H3,(H3,23,24)(H,27,28). The first kappa shape index (κ1) is 20.7. The molecule has 1 unspecified atom stereocenters. The Kier molecular flexibility index (Phi) is 6.72. The summed E-state index contributed by atoms with van der Waals surface area (Å²) < 4.78 is 5.88. The fourth-order valence-electron chi connectivity index (χ4n) is 3.34. The molecule has 29 heavy (non-hydrogen) atoms. The van der Waals surface area contributed by atoms with Crippen molar-refractivity contribution in [3.63, 3.8) is 0 Å². The van der Waals surface area contributed by atoms with E-state index in [1.165, 1.54) is 19.3 Å². The highest BCUT2D eigenvalue weighted by atomic mass is 16.5. The number of ether oxygens (including phenoxy) is 1. The molecule has 6 N–H and O–H groups in total. The molecule has 0 bridgehead atoms. The van der Waals surface area contributed by atoms with Gasteiger partial charge in [0.25, 0.3) is 0 Å². The SMILES string of the molecule is CCOc1c(CNC2CCC2)cccc1C(Nc1ccc(C(=N)N)cc1)C(=O)O. The first-order valence-electron chi connectivity index (χ1n) is 9.91. The third kappa shape index (κ3) is 5.06. The Morgan fingerprint density at radius 1 is 1.28 bits per heavy atom. The van der Waals surface area contributed by atoms with Crippen molar-refractivity contribution in [2.24, 2.45) is 5.73 Å². The minimum atomic E-state index is -0.995. The number of amidine groups is 1. The largest absolute Gasteiger partial charge is 0.493 e. The molecule has 0 heterocycles. The van der Waals surface area contributed by atoms with E-state index < -0.39 is 12.0 Å². The molecule has 3 rings (SSSR count). The van der Waals surface area contributed by atoms with Crippen molar-refractivity contribution in [3.8, 4) is 5.75 Å². The van der Waals surface area contributed by atoms with Crippen molar-refractivity contribution >= 4 is 17.5 Å². The third-order valence-electron chi connectivity index (χ3n) is 5.17. The van der Waals surface area contributed by atoms with Crippen LogP contribution in [0.25, 0.3) is 0 Å². The molecule has 1 aliphatic rings. The number of carboxylic acids is 1. The third-order valence-corrected chi connectivity index (χ3v) is 5.17. The molecule has 0 aromatic heterocycles. The maximum absolute atomic E-state index is 12.1. The molecule has 1 fully saturated rings. The predicted molar refractivity (Wildman–Crippen MR) is 114 cm³/mol. The normalized spacial score (nSPS) is 14.7. The van der Waals surface area contributed by atoms with Gasteiger partial charge in [0.2, 0.25) is 0 Å². The van der Waals surface area contributed by atoms with Crippen molar-refractivity contribution in [3.05, 3.63) is 59.2 Å². The maximum atomic E-state index is 12.1. The summed E-state index contributed by atoms with van der Waals surface area (Å²) in [6.45, 7) is 2.99. The summed E-state index contributed by atoms with van der Waals surface area (Å²) in [5, 5.41) is 23.9. The molecule has 0 radical (unpaired) electrons. The van der Waals surface area contributed by atoms with E-state index in [0.29, 0.717) is 41.8 Å². The molecule has 7 nitrogen and oxygen atoms in total. The van der Waals surface area contributed by atoms with Gasteiger partial charge in [0.15, 0.2) is 6.04 Å². The number of para-hydroxylation sites is 1. The van der Waals surface area contributed by atoms with E-state index >= 15 is 0 Å². The van der Waals surface area contributed by atoms with Crippen molar-refractivity contribution < 1.29 is 14.6 Å². The second-order valence-corrected chi connectivity index (χ2v) is 7.18. The van der Waals surface area contributed by atoms with Gasteiger partial charge in [-0.1, -0.05) is 24.6 Å². The second-order valence-electron chi connectivity index (χ2n) is 7.18. The molecular formula is C22H28N4O3. The summed E-state index contributed by atoms with van der Waals surface area (Å²) in [6, 6.07) is 12.0. The Morgan fingerprint density at radius 2 is 2.00 bits per heavy atom. The summed E-state index contributed by atoms with van der Waals surface area (Å²) in [7, 11) is 0. The predicted octanol–water partition coefficient (Wildman–Crippen LogP) is 3.25. The van der Waals surface area contributed by atoms with Gasteiger partial charge in [0.1, 0.15) is 11.6 Å². The zero-order valence-corrected chi connectivity index (χ0v) is 16.6. The Balaban J connectivity index is 1.86. The molecule has 1 atom stereocenters. The number of aliphatic carboxylic acids is 1. The quantitative estimate of drug-likeness (QED) is 0.311. The first-order valence-corrected chi connectivity index (χ1v) is 9.91. The van der Waals surface area contributed by atoms with Gasteiger partial charge < -0.3 is 26.2 Å². The van der Waals surface area contributed by atoms with Crippen LogP contribution in [0.2, 0.25) is 0 Å². The van der Waals surface area contributed by atoms with Crippen molar-refractivity contribution in [2.75, 3.05) is 11.9 Å². The summed E-state index contributed by atoms with van der Waals surface area (Å²) in [5.74, 6) is -0.413. The number of benzene rings is 2. The molecule has 0 spiro atoms. The highest BCUT2D eigenvalue weighted by Crippen LogP contribution is 2.32. The average molecular weight is 396 g/mol. The van der Waals surface area contributed by atoms with Crippen LogP contribution in [0.5, 0.6) is 5.75 Å². The van der Waals surface area contributed by atoms with E-state index in [4.69, 9.17) is 15.9 Å². The minimum absolute atomic E-state index is 0.0309. The molecule has 2 aromatic rings. The van der Waals surface area contributed by atoms with Crippen LogP contribution in [0.15, 0.2) is 42.5 Å². The average Bonchev–Trinajstić information content (AvgIpc) is 2.66. The summed E-state index contributed by atoms with van der Waals surface area (Å²) >= 11 is 0. The number of rotatable bonds is 10. The van der Waals surface area contributed by atoms with Crippen LogP contribution in [-0.4, -0.2) is 29.6 Å². The molecule has 0 saturated heterocycles. The van der Waals surface area contributed by atoms with Crippen LogP contribution in [0, 0.1) is 5.41 Å². The molecular weight excluding hydrogens is 368 g/mol. The highest BCUT2D eigenvalue weighted by Gasteiger charge is 2.26. The molecule has 2 aromatic carbocycles. The molecule has 7 heteroatoms. The van der Waals surface area contributed by atoms with E-state index in [1.807, 2.05) is 19.1 Å². The van der Waals surface area contributed by atoms with Crippen molar-refractivity contribution in [1.82, 2.24) is 5.32 Å². The van der Waals surface area contributed by atoms with Crippen LogP contribution in [0.3, 0.4) is 0 Å². The fraction of sp³-hybridized carbons (Fsp3) is 0.364. The lowest BCUT2D eigenvalue weighted by molar-refractivity contribution is -0.138. The Labute approximate surface area is 170 Å². The Hall–Kier alpha value is -3.06. The molecule has 0 amide bonds. The van der Waals surface area contributed by atoms with Gasteiger partial charge in [0.05, 0.1) is 6.61 Å². The van der Waals surface area contributed by atoms with Gasteiger partial charge in [-0.15, -0.1) is 0 Å². The second kappa shape index (κ2) is 9.43. The lowest BCUT2D eigenvalue weighted by Crippen LogP contribution is -2.34. The molecule has 154 valence electrons. The fourth-order valence-corrected chi connectivity index (χ4v) is 3.34. The van der Waals surface area contributed by atoms with E-state index in [2.05, 4.69) is 10.6 Å². The number of hydrogen-bond acceptors (Lipinski definition) is 5. The lowest BCUT2D eigenvalue weighted by Gasteiger charge is -2.27. The van der Waals surface area contributed by atoms with Crippen LogP contribution < -0.4 is 21.1 Å². The summed E-state index contributed by atoms with van der Waals surface area (Å²) in [5.41, 5.74) is 8.24. The van der Waals surface area contributed by atoms with Gasteiger partial charge in [-0.2, -0.15) is 0 Å². The topological polar surface area (TPSA) is 120 Å². The van der Waals surface area contributed by atoms with Gasteiger partial charge in [-0.25, -0.2) is 4.79 Å². The monoisotopic (exact) mass is 396 g/mol. The number of nitrogens with two attached hydrogens (primary N) is 1. The van der Waals surface area contributed by atoms with Gasteiger partial charge in [0, 0.05) is 35.0 Å². The van der Waals surface area contributed by atoms with Crippen LogP contribution in [-0.2, 0) is 11.3 Å². The van der Waals surface area contributed by atoms with E-state index in [1.54, 1.807) is 30.3 Å². The van der Waals surface area contributed by atoms with Crippen molar-refractivity contribution in [1.29, 1.82) is 5.41 Å². The smallest absolute Gasteiger partial charge is 0.330 e.